The minimum absolute atomic E-state index is 0.191. The summed E-state index contributed by atoms with van der Waals surface area (Å²) >= 11 is 1.65. The van der Waals surface area contributed by atoms with E-state index in [0.29, 0.717) is 5.17 Å². The van der Waals surface area contributed by atoms with Crippen molar-refractivity contribution >= 4 is 28.6 Å². The molecule has 2 heterocycles. The minimum Gasteiger partial charge on any atom is -0.379 e. The zero-order valence-electron chi connectivity index (χ0n) is 13.1. The van der Waals surface area contributed by atoms with Crippen molar-refractivity contribution in [2.45, 2.75) is 25.3 Å². The molecule has 2 aromatic rings. The highest BCUT2D eigenvalue weighted by molar-refractivity contribution is 8.13. The van der Waals surface area contributed by atoms with E-state index in [1.807, 2.05) is 12.4 Å². The number of rotatable bonds is 2. The average molecular weight is 321 g/mol. The van der Waals surface area contributed by atoms with Crippen LogP contribution in [0.2, 0.25) is 0 Å². The van der Waals surface area contributed by atoms with Crippen molar-refractivity contribution in [1.29, 1.82) is 0 Å². The lowest BCUT2D eigenvalue weighted by Crippen LogP contribution is -2.28. The Labute approximate surface area is 140 Å². The van der Waals surface area contributed by atoms with Gasteiger partial charge in [0.15, 0.2) is 5.17 Å². The zero-order valence-corrected chi connectivity index (χ0v) is 13.9. The van der Waals surface area contributed by atoms with Crippen molar-refractivity contribution in [3.05, 3.63) is 65.0 Å². The van der Waals surface area contributed by atoms with Gasteiger partial charge < -0.3 is 5.73 Å². The number of pyridine rings is 1. The van der Waals surface area contributed by atoms with Crippen LogP contribution in [0.1, 0.15) is 35.6 Å². The SMILES string of the molecule is CC1(c2ccc3c(c2)CC(c2ccncc2)=C3)CCSC(N)=N1. The van der Waals surface area contributed by atoms with Gasteiger partial charge in [-0.2, -0.15) is 0 Å². The fourth-order valence-corrected chi connectivity index (χ4v) is 4.30. The maximum absolute atomic E-state index is 5.96. The quantitative estimate of drug-likeness (QED) is 0.914. The first-order valence-electron chi connectivity index (χ1n) is 7.87. The Hall–Kier alpha value is -2.07. The number of allylic oxidation sites excluding steroid dienone is 1. The molecule has 1 aliphatic heterocycles. The minimum atomic E-state index is -0.191. The van der Waals surface area contributed by atoms with Crippen molar-refractivity contribution in [2.24, 2.45) is 10.7 Å². The fourth-order valence-electron chi connectivity index (χ4n) is 3.32. The second-order valence-corrected chi connectivity index (χ2v) is 7.43. The van der Waals surface area contributed by atoms with Gasteiger partial charge in [0.1, 0.15) is 0 Å². The van der Waals surface area contributed by atoms with Crippen LogP contribution in [-0.4, -0.2) is 15.9 Å². The highest BCUT2D eigenvalue weighted by Gasteiger charge is 2.30. The van der Waals surface area contributed by atoms with E-state index in [1.54, 1.807) is 11.8 Å². The lowest BCUT2D eigenvalue weighted by molar-refractivity contribution is 0.481. The second kappa shape index (κ2) is 5.53. The lowest BCUT2D eigenvalue weighted by Gasteiger charge is -2.30. The number of nitrogens with zero attached hydrogens (tertiary/aromatic N) is 2. The first-order valence-corrected chi connectivity index (χ1v) is 8.85. The Morgan fingerprint density at radius 2 is 2.00 bits per heavy atom. The Bertz CT molecular complexity index is 811. The fraction of sp³-hybridized carbons (Fsp3) is 0.263. The van der Waals surface area contributed by atoms with Gasteiger partial charge in [-0.15, -0.1) is 0 Å². The molecular weight excluding hydrogens is 302 g/mol. The molecule has 0 bridgehead atoms. The van der Waals surface area contributed by atoms with Crippen LogP contribution in [0.5, 0.6) is 0 Å². The van der Waals surface area contributed by atoms with E-state index in [2.05, 4.69) is 48.3 Å². The number of amidine groups is 1. The molecule has 1 unspecified atom stereocenters. The number of thioether (sulfide) groups is 1. The van der Waals surface area contributed by atoms with Crippen LogP contribution in [-0.2, 0) is 12.0 Å². The molecule has 1 aromatic carbocycles. The van der Waals surface area contributed by atoms with Gasteiger partial charge in [-0.3, -0.25) is 9.98 Å². The third-order valence-corrected chi connectivity index (χ3v) is 5.52. The Morgan fingerprint density at radius 1 is 1.17 bits per heavy atom. The van der Waals surface area contributed by atoms with Gasteiger partial charge in [0.25, 0.3) is 0 Å². The summed E-state index contributed by atoms with van der Waals surface area (Å²) in [6, 6.07) is 10.9. The van der Waals surface area contributed by atoms with Gasteiger partial charge in [0.2, 0.25) is 0 Å². The first kappa shape index (κ1) is 14.5. The number of benzene rings is 1. The third kappa shape index (κ3) is 2.68. The van der Waals surface area contributed by atoms with Crippen molar-refractivity contribution in [2.75, 3.05) is 5.75 Å². The van der Waals surface area contributed by atoms with Crippen LogP contribution >= 0.6 is 11.8 Å². The number of aliphatic imine (C=N–C) groups is 1. The molecule has 1 aliphatic carbocycles. The van der Waals surface area contributed by atoms with Crippen LogP contribution in [0.3, 0.4) is 0 Å². The number of nitrogens with two attached hydrogens (primary N) is 1. The first-order chi connectivity index (χ1) is 11.1. The second-order valence-electron chi connectivity index (χ2n) is 6.32. The predicted molar refractivity (Wildman–Crippen MR) is 98.3 cm³/mol. The Kier molecular flexibility index (Phi) is 3.49. The van der Waals surface area contributed by atoms with Crippen LogP contribution in [0.25, 0.3) is 11.6 Å². The molecule has 0 amide bonds. The lowest BCUT2D eigenvalue weighted by atomic mass is 9.88. The molecule has 23 heavy (non-hydrogen) atoms. The average Bonchev–Trinajstić information content (AvgIpc) is 2.98. The number of aromatic nitrogens is 1. The maximum Gasteiger partial charge on any atom is 0.154 e. The Balaban J connectivity index is 1.66. The van der Waals surface area contributed by atoms with Gasteiger partial charge in [0.05, 0.1) is 5.54 Å². The summed E-state index contributed by atoms with van der Waals surface area (Å²) in [6.45, 7) is 2.19. The molecule has 1 aromatic heterocycles. The van der Waals surface area contributed by atoms with Gasteiger partial charge in [-0.05, 0) is 59.7 Å². The number of hydrogen-bond donors (Lipinski definition) is 1. The summed E-state index contributed by atoms with van der Waals surface area (Å²) in [7, 11) is 0. The van der Waals surface area contributed by atoms with E-state index in [9.17, 15) is 0 Å². The molecule has 1 atom stereocenters. The van der Waals surface area contributed by atoms with Gasteiger partial charge in [0, 0.05) is 18.1 Å². The van der Waals surface area contributed by atoms with Crippen molar-refractivity contribution in [3.8, 4) is 0 Å². The van der Waals surface area contributed by atoms with Crippen LogP contribution in [0.15, 0.2) is 47.7 Å². The normalized spacial score (nSPS) is 23.2. The smallest absolute Gasteiger partial charge is 0.154 e. The largest absolute Gasteiger partial charge is 0.379 e. The van der Waals surface area contributed by atoms with Gasteiger partial charge in [-0.1, -0.05) is 36.0 Å². The topological polar surface area (TPSA) is 51.3 Å². The van der Waals surface area contributed by atoms with Crippen molar-refractivity contribution in [1.82, 2.24) is 4.98 Å². The molecule has 0 spiro atoms. The van der Waals surface area contributed by atoms with Crippen LogP contribution < -0.4 is 5.73 Å². The molecule has 4 heteroatoms. The van der Waals surface area contributed by atoms with E-state index in [1.165, 1.54) is 27.8 Å². The van der Waals surface area contributed by atoms with E-state index < -0.39 is 0 Å². The maximum atomic E-state index is 5.96. The van der Waals surface area contributed by atoms with E-state index in [0.717, 1.165) is 18.6 Å². The summed E-state index contributed by atoms with van der Waals surface area (Å²) in [5.41, 5.74) is 12.3. The highest BCUT2D eigenvalue weighted by atomic mass is 32.2. The number of fused-ring (bicyclic) bond motifs is 1. The molecule has 0 radical (unpaired) electrons. The molecule has 116 valence electrons. The molecule has 2 N–H and O–H groups in total. The third-order valence-electron chi connectivity index (χ3n) is 4.72. The summed E-state index contributed by atoms with van der Waals surface area (Å²) in [6.07, 6.45) is 7.98. The highest BCUT2D eigenvalue weighted by Crippen LogP contribution is 2.38. The molecule has 0 saturated heterocycles. The zero-order chi connectivity index (χ0) is 15.9. The molecule has 0 fully saturated rings. The molecule has 4 rings (SSSR count). The Morgan fingerprint density at radius 3 is 2.78 bits per heavy atom. The number of hydrogen-bond acceptors (Lipinski definition) is 4. The monoisotopic (exact) mass is 321 g/mol. The molecule has 2 aliphatic rings. The molecule has 0 saturated carbocycles. The van der Waals surface area contributed by atoms with Crippen LogP contribution in [0, 0.1) is 0 Å². The van der Waals surface area contributed by atoms with Crippen molar-refractivity contribution < 1.29 is 0 Å². The van der Waals surface area contributed by atoms with Gasteiger partial charge >= 0.3 is 0 Å². The standard InChI is InChI=1S/C19H19N3S/c1-19(6-9-23-18(20)22-19)17-3-2-14-10-15(11-16(14)12-17)13-4-7-21-8-5-13/h2-5,7-8,10,12H,6,9,11H2,1H3,(H2,20,22). The van der Waals surface area contributed by atoms with E-state index in [-0.39, 0.29) is 5.54 Å². The summed E-state index contributed by atoms with van der Waals surface area (Å²) in [5.74, 6) is 1.03. The van der Waals surface area contributed by atoms with Gasteiger partial charge in [-0.25, -0.2) is 0 Å². The van der Waals surface area contributed by atoms with Crippen LogP contribution in [0.4, 0.5) is 0 Å². The molecular formula is C19H19N3S. The predicted octanol–water partition coefficient (Wildman–Crippen LogP) is 3.85. The van der Waals surface area contributed by atoms with E-state index in [4.69, 9.17) is 10.7 Å². The van der Waals surface area contributed by atoms with Crippen molar-refractivity contribution in [3.63, 3.8) is 0 Å². The summed E-state index contributed by atoms with van der Waals surface area (Å²) < 4.78 is 0. The summed E-state index contributed by atoms with van der Waals surface area (Å²) in [4.78, 5) is 8.82. The summed E-state index contributed by atoms with van der Waals surface area (Å²) in [5, 5.41) is 0.704. The molecule has 3 nitrogen and oxygen atoms in total. The van der Waals surface area contributed by atoms with E-state index >= 15 is 0 Å².